The van der Waals surface area contributed by atoms with Crippen LogP contribution in [0.1, 0.15) is 58.2 Å². The van der Waals surface area contributed by atoms with Crippen molar-refractivity contribution >= 4 is 23.6 Å². The molecule has 3 amide bonds. The van der Waals surface area contributed by atoms with Gasteiger partial charge < -0.3 is 20.1 Å². The van der Waals surface area contributed by atoms with Crippen molar-refractivity contribution in [1.29, 1.82) is 0 Å². The molecule has 8 heteroatoms. The molecule has 0 saturated heterocycles. The van der Waals surface area contributed by atoms with Crippen molar-refractivity contribution < 1.29 is 23.9 Å². The van der Waals surface area contributed by atoms with E-state index in [-0.39, 0.29) is 12.3 Å². The Hall–Kier alpha value is -4.43. The van der Waals surface area contributed by atoms with Crippen LogP contribution in [-0.4, -0.2) is 41.6 Å². The smallest absolute Gasteiger partial charge is 0.408 e. The van der Waals surface area contributed by atoms with Gasteiger partial charge in [-0.05, 0) is 63.4 Å². The Bertz CT molecular complexity index is 1220. The van der Waals surface area contributed by atoms with Crippen molar-refractivity contribution in [2.24, 2.45) is 5.92 Å². The monoisotopic (exact) mass is 517 g/mol. The number of terminal acetylenes is 2. The number of ether oxygens (including phenoxy) is 2. The number of nitrogens with one attached hydrogen (secondary N) is 2. The van der Waals surface area contributed by atoms with Gasteiger partial charge in [-0.3, -0.25) is 14.5 Å². The van der Waals surface area contributed by atoms with Crippen molar-refractivity contribution in [3.05, 3.63) is 59.7 Å². The van der Waals surface area contributed by atoms with Gasteiger partial charge in [-0.2, -0.15) is 0 Å². The molecule has 0 aliphatic carbocycles. The summed E-state index contributed by atoms with van der Waals surface area (Å²) in [5.41, 5.74) is 0.464. The van der Waals surface area contributed by atoms with Crippen LogP contribution >= 0.6 is 0 Å². The van der Waals surface area contributed by atoms with E-state index in [4.69, 9.17) is 22.3 Å². The number of carbonyl (C=O) groups excluding carboxylic acids is 3. The molecule has 200 valence electrons. The standard InChI is InChI=1S/C30H35N3O5/c1-9-21-13-11-12-14-24(21)26(27(34)31-22-15-17-23(37-8)18-16-22)33(10-2)28(35)25(19-20(3)4)32-29(36)38-30(5,6)7/h1-2,11-18,20,25-26H,19H2,3-8H3,(H,31,34)(H,32,36). The predicted octanol–water partition coefficient (Wildman–Crippen LogP) is 4.72. The van der Waals surface area contributed by atoms with Gasteiger partial charge in [-0.15, -0.1) is 6.42 Å². The van der Waals surface area contributed by atoms with E-state index in [1.54, 1.807) is 69.3 Å². The van der Waals surface area contributed by atoms with Gasteiger partial charge in [-0.1, -0.05) is 44.4 Å². The number of hydrogen-bond donors (Lipinski definition) is 2. The summed E-state index contributed by atoms with van der Waals surface area (Å²) in [4.78, 5) is 41.0. The molecule has 2 aromatic rings. The van der Waals surface area contributed by atoms with Crippen molar-refractivity contribution in [2.75, 3.05) is 12.4 Å². The number of nitrogens with zero attached hydrogens (tertiary/aromatic N) is 1. The third kappa shape index (κ3) is 8.31. The van der Waals surface area contributed by atoms with E-state index < -0.39 is 35.6 Å². The lowest BCUT2D eigenvalue weighted by Gasteiger charge is -2.31. The summed E-state index contributed by atoms with van der Waals surface area (Å²) in [6.45, 7) is 8.96. The van der Waals surface area contributed by atoms with Crippen molar-refractivity contribution in [3.63, 3.8) is 0 Å². The number of amides is 3. The zero-order valence-corrected chi connectivity index (χ0v) is 22.7. The van der Waals surface area contributed by atoms with Gasteiger partial charge in [0.25, 0.3) is 11.8 Å². The number of benzene rings is 2. The summed E-state index contributed by atoms with van der Waals surface area (Å²) < 4.78 is 10.5. The fourth-order valence-corrected chi connectivity index (χ4v) is 3.73. The minimum Gasteiger partial charge on any atom is -0.497 e. The van der Waals surface area contributed by atoms with Gasteiger partial charge >= 0.3 is 6.09 Å². The first-order valence-corrected chi connectivity index (χ1v) is 12.2. The Morgan fingerprint density at radius 3 is 2.18 bits per heavy atom. The Morgan fingerprint density at radius 2 is 1.66 bits per heavy atom. The molecule has 0 aromatic heterocycles. The van der Waals surface area contributed by atoms with E-state index >= 15 is 0 Å². The maximum atomic E-state index is 13.8. The fourth-order valence-electron chi connectivity index (χ4n) is 3.73. The zero-order valence-electron chi connectivity index (χ0n) is 22.7. The second-order valence-corrected chi connectivity index (χ2v) is 10.0. The zero-order chi connectivity index (χ0) is 28.5. The quantitative estimate of drug-likeness (QED) is 0.371. The lowest BCUT2D eigenvalue weighted by molar-refractivity contribution is -0.137. The second kappa shape index (κ2) is 13.2. The molecular formula is C30H35N3O5. The first kappa shape index (κ1) is 29.8. The second-order valence-electron chi connectivity index (χ2n) is 10.0. The van der Waals surface area contributed by atoms with Crippen LogP contribution in [-0.2, 0) is 14.3 Å². The minimum atomic E-state index is -1.28. The summed E-state index contributed by atoms with van der Waals surface area (Å²) in [6.07, 6.45) is 11.1. The van der Waals surface area contributed by atoms with E-state index in [1.165, 1.54) is 7.11 Å². The number of alkyl carbamates (subject to hydrolysis) is 1. The first-order chi connectivity index (χ1) is 17.9. The Labute approximate surface area is 225 Å². The van der Waals surface area contributed by atoms with Gasteiger partial charge in [0.2, 0.25) is 0 Å². The first-order valence-electron chi connectivity index (χ1n) is 12.2. The van der Waals surface area contributed by atoms with Crippen LogP contribution in [0.15, 0.2) is 48.5 Å². The van der Waals surface area contributed by atoms with Crippen molar-refractivity contribution in [2.45, 2.75) is 58.7 Å². The number of hydrogen-bond acceptors (Lipinski definition) is 5. The SMILES string of the molecule is C#Cc1ccccc1C(C(=O)Nc1ccc(OC)cc1)N(C#C)C(=O)C(CC(C)C)NC(=O)OC(C)(C)C. The highest BCUT2D eigenvalue weighted by Gasteiger charge is 2.37. The maximum Gasteiger partial charge on any atom is 0.408 e. The maximum absolute atomic E-state index is 13.8. The Morgan fingerprint density at radius 1 is 1.03 bits per heavy atom. The summed E-state index contributed by atoms with van der Waals surface area (Å²) in [5.74, 6) is 1.96. The molecule has 8 nitrogen and oxygen atoms in total. The Kier molecular flexibility index (Phi) is 10.4. The number of methoxy groups -OCH3 is 1. The van der Waals surface area contributed by atoms with Crippen LogP contribution < -0.4 is 15.4 Å². The molecule has 0 aliphatic rings. The fraction of sp³-hybridized carbons (Fsp3) is 0.367. The number of rotatable bonds is 9. The molecule has 0 aliphatic heterocycles. The van der Waals surface area contributed by atoms with E-state index in [9.17, 15) is 14.4 Å². The van der Waals surface area contributed by atoms with Crippen LogP contribution in [0.5, 0.6) is 5.75 Å². The lowest BCUT2D eigenvalue weighted by Crippen LogP contribution is -2.51. The molecule has 2 atom stereocenters. The van der Waals surface area contributed by atoms with Crippen LogP contribution in [0.3, 0.4) is 0 Å². The van der Waals surface area contributed by atoms with Crippen LogP contribution in [0.4, 0.5) is 10.5 Å². The van der Waals surface area contributed by atoms with Crippen molar-refractivity contribution in [1.82, 2.24) is 10.2 Å². The van der Waals surface area contributed by atoms with Crippen LogP contribution in [0, 0.1) is 30.7 Å². The molecule has 2 rings (SSSR count). The highest BCUT2D eigenvalue weighted by molar-refractivity contribution is 6.00. The third-order valence-electron chi connectivity index (χ3n) is 5.35. The van der Waals surface area contributed by atoms with Gasteiger partial charge in [0.1, 0.15) is 17.4 Å². The highest BCUT2D eigenvalue weighted by atomic mass is 16.6. The van der Waals surface area contributed by atoms with Crippen molar-refractivity contribution in [3.8, 4) is 30.6 Å². The Balaban J connectivity index is 2.51. The highest BCUT2D eigenvalue weighted by Crippen LogP contribution is 2.27. The van der Waals surface area contributed by atoms with Crippen LogP contribution in [0.2, 0.25) is 0 Å². The molecule has 0 bridgehead atoms. The molecule has 0 spiro atoms. The van der Waals surface area contributed by atoms with Gasteiger partial charge in [0, 0.05) is 22.9 Å². The molecular weight excluding hydrogens is 482 g/mol. The van der Waals surface area contributed by atoms with Gasteiger partial charge in [0.15, 0.2) is 6.04 Å². The molecule has 0 fully saturated rings. The third-order valence-corrected chi connectivity index (χ3v) is 5.35. The molecule has 0 radical (unpaired) electrons. The molecule has 2 aromatic carbocycles. The lowest BCUT2D eigenvalue weighted by atomic mass is 9.96. The number of carbonyl (C=O) groups is 3. The molecule has 2 N–H and O–H groups in total. The summed E-state index contributed by atoms with van der Waals surface area (Å²) >= 11 is 0. The van der Waals surface area contributed by atoms with E-state index in [0.717, 1.165) is 4.90 Å². The van der Waals surface area contributed by atoms with E-state index in [1.807, 2.05) is 13.8 Å². The van der Waals surface area contributed by atoms with Gasteiger partial charge in [0.05, 0.1) is 7.11 Å². The molecule has 2 unspecified atom stereocenters. The largest absolute Gasteiger partial charge is 0.497 e. The van der Waals surface area contributed by atoms with E-state index in [2.05, 4.69) is 22.6 Å². The predicted molar refractivity (Wildman–Crippen MR) is 147 cm³/mol. The normalized spacial score (nSPS) is 12.3. The summed E-state index contributed by atoms with van der Waals surface area (Å²) in [5, 5.41) is 5.42. The van der Waals surface area contributed by atoms with E-state index in [0.29, 0.717) is 22.6 Å². The topological polar surface area (TPSA) is 97.0 Å². The molecule has 38 heavy (non-hydrogen) atoms. The summed E-state index contributed by atoms with van der Waals surface area (Å²) in [6, 6.07) is 13.5. The average Bonchev–Trinajstić information content (AvgIpc) is 2.85. The average molecular weight is 518 g/mol. The molecule has 0 saturated carbocycles. The molecule has 0 heterocycles. The van der Waals surface area contributed by atoms with Gasteiger partial charge in [-0.25, -0.2) is 4.79 Å². The summed E-state index contributed by atoms with van der Waals surface area (Å²) in [7, 11) is 1.54. The van der Waals surface area contributed by atoms with Crippen LogP contribution in [0.25, 0.3) is 0 Å². The number of anilines is 1. The minimum absolute atomic E-state index is 0.0167.